The Morgan fingerprint density at radius 2 is 2.35 bits per heavy atom. The summed E-state index contributed by atoms with van der Waals surface area (Å²) in [4.78, 5) is 18.6. The predicted octanol–water partition coefficient (Wildman–Crippen LogP) is 1.03. The summed E-state index contributed by atoms with van der Waals surface area (Å²) in [6.07, 6.45) is 1.94. The monoisotopic (exact) mass is 318 g/mol. The van der Waals surface area contributed by atoms with Gasteiger partial charge in [-0.3, -0.25) is 14.6 Å². The molecular formula is C15H22N6O2. The molecule has 1 unspecified atom stereocenters. The van der Waals surface area contributed by atoms with Gasteiger partial charge in [-0.05, 0) is 26.8 Å². The summed E-state index contributed by atoms with van der Waals surface area (Å²) in [5.41, 5.74) is 0.792. The van der Waals surface area contributed by atoms with Crippen LogP contribution >= 0.6 is 0 Å². The molecule has 8 nitrogen and oxygen atoms in total. The predicted molar refractivity (Wildman–Crippen MR) is 82.7 cm³/mol. The number of hydrogen-bond donors (Lipinski definition) is 1. The van der Waals surface area contributed by atoms with E-state index in [-0.39, 0.29) is 12.0 Å². The van der Waals surface area contributed by atoms with E-state index in [2.05, 4.69) is 34.1 Å². The first-order valence-electron chi connectivity index (χ1n) is 7.85. The van der Waals surface area contributed by atoms with E-state index >= 15 is 0 Å². The summed E-state index contributed by atoms with van der Waals surface area (Å²) >= 11 is 0. The fraction of sp³-hybridized carbons (Fsp3) is 0.600. The number of H-pyrrole nitrogens is 1. The number of carbonyl (C=O) groups is 1. The minimum atomic E-state index is -0.272. The van der Waals surface area contributed by atoms with Crippen molar-refractivity contribution in [2.24, 2.45) is 0 Å². The molecule has 2 aromatic rings. The first-order chi connectivity index (χ1) is 11.0. The highest BCUT2D eigenvalue weighted by atomic mass is 16.5. The van der Waals surface area contributed by atoms with E-state index < -0.39 is 0 Å². The largest absolute Gasteiger partial charge is 0.366 e. The second kappa shape index (κ2) is 6.49. The van der Waals surface area contributed by atoms with Crippen LogP contribution in [-0.2, 0) is 16.0 Å². The van der Waals surface area contributed by atoms with E-state index in [0.717, 1.165) is 11.5 Å². The molecular weight excluding hydrogens is 296 g/mol. The van der Waals surface area contributed by atoms with Crippen LogP contribution in [0.1, 0.15) is 43.3 Å². The molecule has 3 heterocycles. The van der Waals surface area contributed by atoms with Gasteiger partial charge in [-0.25, -0.2) is 4.98 Å². The number of aromatic amines is 1. The average molecular weight is 318 g/mol. The molecule has 1 N–H and O–H groups in total. The number of ether oxygens (including phenoxy) is 1. The molecule has 3 rings (SSSR count). The average Bonchev–Trinajstić information content (AvgIpc) is 3.16. The van der Waals surface area contributed by atoms with Crippen molar-refractivity contribution in [2.75, 3.05) is 19.7 Å². The molecule has 1 amide bonds. The molecule has 1 aliphatic heterocycles. The van der Waals surface area contributed by atoms with Crippen LogP contribution in [0.4, 0.5) is 0 Å². The standard InChI is InChI=1S/C15H22N6O2/c1-10(2)21-5-4-12(19-21)8-14(22)20-6-7-23-13(9-20)15-16-11(3)17-18-15/h4-5,10,13H,6-9H2,1-3H3,(H,16,17,18). The zero-order chi connectivity index (χ0) is 16.4. The van der Waals surface area contributed by atoms with Crippen LogP contribution in [0.15, 0.2) is 12.3 Å². The molecule has 8 heteroatoms. The van der Waals surface area contributed by atoms with Crippen LogP contribution in [0.3, 0.4) is 0 Å². The maximum atomic E-state index is 12.5. The molecule has 1 atom stereocenters. The SMILES string of the molecule is Cc1nc(C2CN(C(=O)Cc3ccn(C(C)C)n3)CCO2)n[nH]1. The van der Waals surface area contributed by atoms with Crippen LogP contribution in [0, 0.1) is 6.92 Å². The molecule has 23 heavy (non-hydrogen) atoms. The second-order valence-electron chi connectivity index (χ2n) is 6.04. The second-order valence-corrected chi connectivity index (χ2v) is 6.04. The third-order valence-corrected chi connectivity index (χ3v) is 3.85. The van der Waals surface area contributed by atoms with Gasteiger partial charge in [0.25, 0.3) is 0 Å². The Morgan fingerprint density at radius 1 is 1.52 bits per heavy atom. The smallest absolute Gasteiger partial charge is 0.228 e. The fourth-order valence-corrected chi connectivity index (χ4v) is 2.56. The van der Waals surface area contributed by atoms with Crippen LogP contribution in [0.25, 0.3) is 0 Å². The normalized spacial score (nSPS) is 18.6. The summed E-state index contributed by atoms with van der Waals surface area (Å²) in [5.74, 6) is 1.40. The van der Waals surface area contributed by atoms with E-state index in [1.807, 2.05) is 23.9 Å². The Balaban J connectivity index is 1.62. The van der Waals surface area contributed by atoms with Gasteiger partial charge in [0.05, 0.1) is 25.3 Å². The minimum Gasteiger partial charge on any atom is -0.366 e. The summed E-state index contributed by atoms with van der Waals surface area (Å²) in [6, 6.07) is 2.19. The van der Waals surface area contributed by atoms with Gasteiger partial charge < -0.3 is 9.64 Å². The quantitative estimate of drug-likeness (QED) is 0.909. The molecule has 0 radical (unpaired) electrons. The van der Waals surface area contributed by atoms with Crippen LogP contribution in [-0.4, -0.2) is 55.5 Å². The van der Waals surface area contributed by atoms with E-state index in [4.69, 9.17) is 4.74 Å². The maximum absolute atomic E-state index is 12.5. The van der Waals surface area contributed by atoms with Crippen molar-refractivity contribution in [3.63, 3.8) is 0 Å². The lowest BCUT2D eigenvalue weighted by Gasteiger charge is -2.31. The Kier molecular flexibility index (Phi) is 4.42. The summed E-state index contributed by atoms with van der Waals surface area (Å²) in [7, 11) is 0. The lowest BCUT2D eigenvalue weighted by atomic mass is 10.2. The molecule has 124 valence electrons. The number of aryl methyl sites for hydroxylation is 1. The number of nitrogens with one attached hydrogen (secondary N) is 1. The van der Waals surface area contributed by atoms with Gasteiger partial charge in [-0.1, -0.05) is 0 Å². The van der Waals surface area contributed by atoms with E-state index in [1.165, 1.54) is 0 Å². The highest BCUT2D eigenvalue weighted by Gasteiger charge is 2.28. The highest BCUT2D eigenvalue weighted by Crippen LogP contribution is 2.19. The lowest BCUT2D eigenvalue weighted by Crippen LogP contribution is -2.43. The van der Waals surface area contributed by atoms with Gasteiger partial charge >= 0.3 is 0 Å². The number of hydrogen-bond acceptors (Lipinski definition) is 5. The molecule has 0 aromatic carbocycles. The van der Waals surface area contributed by atoms with Crippen LogP contribution in [0.5, 0.6) is 0 Å². The Labute approximate surface area is 134 Å². The maximum Gasteiger partial charge on any atom is 0.228 e. The Hall–Kier alpha value is -2.22. The molecule has 2 aromatic heterocycles. The molecule has 1 aliphatic rings. The highest BCUT2D eigenvalue weighted by molar-refractivity contribution is 5.78. The summed E-state index contributed by atoms with van der Waals surface area (Å²) in [5, 5.41) is 11.4. The topological polar surface area (TPSA) is 88.9 Å². The number of aromatic nitrogens is 5. The van der Waals surface area contributed by atoms with Crippen molar-refractivity contribution in [1.29, 1.82) is 0 Å². The molecule has 0 saturated carbocycles. The number of amides is 1. The summed E-state index contributed by atoms with van der Waals surface area (Å²) in [6.45, 7) is 7.51. The van der Waals surface area contributed by atoms with Gasteiger partial charge in [0.1, 0.15) is 11.9 Å². The van der Waals surface area contributed by atoms with Crippen LogP contribution < -0.4 is 0 Å². The lowest BCUT2D eigenvalue weighted by molar-refractivity contribution is -0.138. The summed E-state index contributed by atoms with van der Waals surface area (Å²) < 4.78 is 7.55. The van der Waals surface area contributed by atoms with E-state index in [0.29, 0.717) is 38.0 Å². The molecule has 0 aliphatic carbocycles. The Bertz CT molecular complexity index is 677. The van der Waals surface area contributed by atoms with Gasteiger partial charge in [0, 0.05) is 18.8 Å². The van der Waals surface area contributed by atoms with Crippen molar-refractivity contribution in [3.8, 4) is 0 Å². The number of morpholine rings is 1. The molecule has 0 bridgehead atoms. The minimum absolute atomic E-state index is 0.0552. The van der Waals surface area contributed by atoms with E-state index in [9.17, 15) is 4.79 Å². The van der Waals surface area contributed by atoms with Gasteiger partial charge in [0.15, 0.2) is 5.82 Å². The van der Waals surface area contributed by atoms with Gasteiger partial charge in [0.2, 0.25) is 5.91 Å². The van der Waals surface area contributed by atoms with Crippen LogP contribution in [0.2, 0.25) is 0 Å². The third kappa shape index (κ3) is 3.58. The molecule has 1 saturated heterocycles. The fourth-order valence-electron chi connectivity index (χ4n) is 2.56. The van der Waals surface area contributed by atoms with Gasteiger partial charge in [-0.15, -0.1) is 0 Å². The number of carbonyl (C=O) groups excluding carboxylic acids is 1. The Morgan fingerprint density at radius 3 is 3.00 bits per heavy atom. The van der Waals surface area contributed by atoms with Crippen molar-refractivity contribution in [3.05, 3.63) is 29.6 Å². The van der Waals surface area contributed by atoms with E-state index in [1.54, 1.807) is 4.90 Å². The molecule has 0 spiro atoms. The zero-order valence-electron chi connectivity index (χ0n) is 13.7. The molecule has 1 fully saturated rings. The van der Waals surface area contributed by atoms with Crippen molar-refractivity contribution >= 4 is 5.91 Å². The first kappa shape index (κ1) is 15.7. The zero-order valence-corrected chi connectivity index (χ0v) is 13.7. The van der Waals surface area contributed by atoms with Crippen molar-refractivity contribution in [2.45, 2.75) is 39.3 Å². The number of rotatable bonds is 4. The number of nitrogens with zero attached hydrogens (tertiary/aromatic N) is 5. The third-order valence-electron chi connectivity index (χ3n) is 3.85. The van der Waals surface area contributed by atoms with Gasteiger partial charge in [-0.2, -0.15) is 10.2 Å². The first-order valence-corrected chi connectivity index (χ1v) is 7.85. The van der Waals surface area contributed by atoms with Crippen molar-refractivity contribution < 1.29 is 9.53 Å². The van der Waals surface area contributed by atoms with Crippen molar-refractivity contribution in [1.82, 2.24) is 29.9 Å².